The second kappa shape index (κ2) is 2.71. The number of fused-ring (bicyclic) bond motifs is 3. The zero-order chi connectivity index (χ0) is 9.71. The molecule has 0 aliphatic carbocycles. The van der Waals surface area contributed by atoms with Crippen LogP contribution >= 0.6 is 23.1 Å². The summed E-state index contributed by atoms with van der Waals surface area (Å²) in [4.78, 5) is 16.1. The van der Waals surface area contributed by atoms with E-state index in [9.17, 15) is 4.79 Å². The van der Waals surface area contributed by atoms with Crippen molar-refractivity contribution in [3.63, 3.8) is 0 Å². The largest absolute Gasteiger partial charge is 0.374 e. The number of hydrogen-bond donors (Lipinski definition) is 1. The first-order chi connectivity index (χ1) is 6.75. The van der Waals surface area contributed by atoms with Crippen molar-refractivity contribution in [1.29, 1.82) is 0 Å². The molecule has 5 nitrogen and oxygen atoms in total. The van der Waals surface area contributed by atoms with Crippen LogP contribution in [0.4, 0.5) is 5.13 Å². The second-order valence-corrected chi connectivity index (χ2v) is 4.94. The maximum Gasteiger partial charge on any atom is 0.278 e. The minimum Gasteiger partial charge on any atom is -0.374 e. The SMILES string of the molecule is Nc1nn2c3c(c(=O)nc2s1)CSC3. The van der Waals surface area contributed by atoms with Crippen LogP contribution in [0, 0.1) is 0 Å². The Morgan fingerprint density at radius 2 is 2.29 bits per heavy atom. The summed E-state index contributed by atoms with van der Waals surface area (Å²) in [6.07, 6.45) is 0. The normalized spacial score (nSPS) is 14.9. The van der Waals surface area contributed by atoms with Crippen LogP contribution in [0.1, 0.15) is 11.3 Å². The summed E-state index contributed by atoms with van der Waals surface area (Å²) in [5, 5.41) is 4.57. The van der Waals surface area contributed by atoms with Gasteiger partial charge in [0, 0.05) is 11.5 Å². The van der Waals surface area contributed by atoms with Gasteiger partial charge in [0.25, 0.3) is 5.56 Å². The van der Waals surface area contributed by atoms with Gasteiger partial charge in [0.2, 0.25) is 10.1 Å². The van der Waals surface area contributed by atoms with Crippen molar-refractivity contribution < 1.29 is 0 Å². The van der Waals surface area contributed by atoms with Gasteiger partial charge in [-0.2, -0.15) is 16.7 Å². The Labute approximate surface area is 87.0 Å². The number of nitrogens with two attached hydrogens (primary N) is 1. The third-order valence-corrected chi connectivity index (χ3v) is 3.83. The van der Waals surface area contributed by atoms with Gasteiger partial charge in [-0.15, -0.1) is 5.10 Å². The molecule has 0 saturated carbocycles. The number of nitrogen functional groups attached to an aromatic ring is 1. The summed E-state index contributed by atoms with van der Waals surface area (Å²) >= 11 is 2.95. The molecule has 3 heterocycles. The van der Waals surface area contributed by atoms with Gasteiger partial charge in [-0.3, -0.25) is 4.79 Å². The number of thioether (sulfide) groups is 1. The fourth-order valence-corrected chi connectivity index (χ4v) is 3.25. The van der Waals surface area contributed by atoms with E-state index in [1.165, 1.54) is 11.3 Å². The standard InChI is InChI=1S/C7H6N4OS2/c8-6-10-11-4-2-13-1-3(4)5(12)9-7(11)14-6/h1-2H2,(H2,8,10). The Morgan fingerprint density at radius 1 is 1.43 bits per heavy atom. The van der Waals surface area contributed by atoms with E-state index in [-0.39, 0.29) is 5.56 Å². The molecule has 0 unspecified atom stereocenters. The van der Waals surface area contributed by atoms with Gasteiger partial charge in [-0.25, -0.2) is 4.52 Å². The van der Waals surface area contributed by atoms with Crippen molar-refractivity contribution in [2.24, 2.45) is 0 Å². The molecule has 72 valence electrons. The first kappa shape index (κ1) is 8.25. The van der Waals surface area contributed by atoms with Crippen molar-refractivity contribution >= 4 is 33.2 Å². The molecule has 0 radical (unpaired) electrons. The lowest BCUT2D eigenvalue weighted by Gasteiger charge is -1.97. The van der Waals surface area contributed by atoms with Gasteiger partial charge in [-0.1, -0.05) is 11.3 Å². The molecule has 0 atom stereocenters. The van der Waals surface area contributed by atoms with Crippen LogP contribution in [-0.4, -0.2) is 14.6 Å². The molecular formula is C7H6N4OS2. The topological polar surface area (TPSA) is 73.3 Å². The van der Waals surface area contributed by atoms with Gasteiger partial charge >= 0.3 is 0 Å². The third kappa shape index (κ3) is 0.992. The van der Waals surface area contributed by atoms with Gasteiger partial charge in [0.1, 0.15) is 0 Å². The predicted molar refractivity (Wildman–Crippen MR) is 56.5 cm³/mol. The molecule has 2 aromatic rings. The number of hydrogen-bond acceptors (Lipinski definition) is 6. The summed E-state index contributed by atoms with van der Waals surface area (Å²) in [5.74, 6) is 1.55. The van der Waals surface area contributed by atoms with Gasteiger partial charge in [0.15, 0.2) is 0 Å². The fraction of sp³-hybridized carbons (Fsp3) is 0.286. The molecule has 0 saturated heterocycles. The number of nitrogens with zero attached hydrogens (tertiary/aromatic N) is 3. The smallest absolute Gasteiger partial charge is 0.278 e. The minimum absolute atomic E-state index is 0.131. The maximum absolute atomic E-state index is 11.5. The van der Waals surface area contributed by atoms with Gasteiger partial charge < -0.3 is 5.73 Å². The monoisotopic (exact) mass is 226 g/mol. The molecule has 1 aliphatic heterocycles. The Kier molecular flexibility index (Phi) is 1.59. The van der Waals surface area contributed by atoms with Crippen LogP contribution in [0.15, 0.2) is 4.79 Å². The summed E-state index contributed by atoms with van der Waals surface area (Å²) < 4.78 is 1.69. The lowest BCUT2D eigenvalue weighted by atomic mass is 10.3. The summed E-state index contributed by atoms with van der Waals surface area (Å²) in [6.45, 7) is 0. The van der Waals surface area contributed by atoms with E-state index in [0.29, 0.717) is 10.1 Å². The van der Waals surface area contributed by atoms with E-state index in [2.05, 4.69) is 10.1 Å². The summed E-state index contributed by atoms with van der Waals surface area (Å²) in [6, 6.07) is 0. The molecule has 2 aromatic heterocycles. The van der Waals surface area contributed by atoms with Crippen molar-refractivity contribution in [3.05, 3.63) is 21.6 Å². The van der Waals surface area contributed by atoms with E-state index in [0.717, 1.165) is 22.8 Å². The molecule has 7 heteroatoms. The second-order valence-electron chi connectivity index (χ2n) is 2.97. The fourth-order valence-electron chi connectivity index (χ4n) is 1.49. The van der Waals surface area contributed by atoms with E-state index < -0.39 is 0 Å². The Hall–Kier alpha value is -1.08. The molecule has 14 heavy (non-hydrogen) atoms. The number of rotatable bonds is 0. The van der Waals surface area contributed by atoms with Crippen LogP contribution < -0.4 is 11.3 Å². The van der Waals surface area contributed by atoms with Crippen LogP contribution in [0.2, 0.25) is 0 Å². The predicted octanol–water partition coefficient (Wildman–Crippen LogP) is 0.480. The highest BCUT2D eigenvalue weighted by Gasteiger charge is 2.20. The first-order valence-corrected chi connectivity index (χ1v) is 5.97. The molecule has 2 N–H and O–H groups in total. The van der Waals surface area contributed by atoms with Crippen LogP contribution in [0.25, 0.3) is 4.96 Å². The molecule has 0 aromatic carbocycles. The molecule has 3 rings (SSSR count). The van der Waals surface area contributed by atoms with Crippen molar-refractivity contribution in [2.75, 3.05) is 5.73 Å². The Balaban J connectivity index is 2.51. The van der Waals surface area contributed by atoms with Crippen molar-refractivity contribution in [2.45, 2.75) is 11.5 Å². The number of anilines is 1. The highest BCUT2D eigenvalue weighted by atomic mass is 32.2. The first-order valence-electron chi connectivity index (χ1n) is 4.00. The van der Waals surface area contributed by atoms with Gasteiger partial charge in [-0.05, 0) is 0 Å². The summed E-state index contributed by atoms with van der Waals surface area (Å²) in [5.41, 5.74) is 7.17. The lowest BCUT2D eigenvalue weighted by Crippen LogP contribution is -2.15. The lowest BCUT2D eigenvalue weighted by molar-refractivity contribution is 0.876. The molecule has 0 spiro atoms. The zero-order valence-electron chi connectivity index (χ0n) is 7.06. The highest BCUT2D eigenvalue weighted by molar-refractivity contribution is 7.98. The van der Waals surface area contributed by atoms with Crippen molar-refractivity contribution in [1.82, 2.24) is 14.6 Å². The Bertz CT molecular complexity index is 573. The molecule has 0 bridgehead atoms. The van der Waals surface area contributed by atoms with Crippen LogP contribution in [0.3, 0.4) is 0 Å². The average Bonchev–Trinajstić information content (AvgIpc) is 2.69. The van der Waals surface area contributed by atoms with Crippen molar-refractivity contribution in [3.8, 4) is 0 Å². The third-order valence-electron chi connectivity index (χ3n) is 2.12. The van der Waals surface area contributed by atoms with E-state index >= 15 is 0 Å². The number of aromatic nitrogens is 3. The molecular weight excluding hydrogens is 220 g/mol. The zero-order valence-corrected chi connectivity index (χ0v) is 8.69. The van der Waals surface area contributed by atoms with Crippen LogP contribution in [0.5, 0.6) is 0 Å². The summed E-state index contributed by atoms with van der Waals surface area (Å²) in [7, 11) is 0. The van der Waals surface area contributed by atoms with Gasteiger partial charge in [0.05, 0.1) is 11.3 Å². The minimum atomic E-state index is -0.131. The molecule has 1 aliphatic rings. The molecule has 0 amide bonds. The maximum atomic E-state index is 11.5. The van der Waals surface area contributed by atoms with E-state index in [4.69, 9.17) is 5.73 Å². The molecule has 0 fully saturated rings. The Morgan fingerprint density at radius 3 is 3.14 bits per heavy atom. The highest BCUT2D eigenvalue weighted by Crippen LogP contribution is 2.28. The van der Waals surface area contributed by atoms with Crippen LogP contribution in [-0.2, 0) is 11.5 Å². The van der Waals surface area contributed by atoms with E-state index in [1.807, 2.05) is 0 Å². The quantitative estimate of drug-likeness (QED) is 0.707. The van der Waals surface area contributed by atoms with E-state index in [1.54, 1.807) is 16.3 Å². The average molecular weight is 226 g/mol.